The molecule has 2 aliphatic rings. The van der Waals surface area contributed by atoms with E-state index in [-0.39, 0.29) is 5.91 Å². The fourth-order valence-electron chi connectivity index (χ4n) is 2.46. The zero-order valence-electron chi connectivity index (χ0n) is 12.5. The number of aromatic nitrogens is 2. The Labute approximate surface area is 149 Å². The average molecular weight is 419 g/mol. The minimum absolute atomic E-state index is 0.302. The molecule has 1 N–H and O–H groups in total. The Morgan fingerprint density at radius 2 is 2.17 bits per heavy atom. The number of nitrogens with one attached hydrogen (secondary N) is 1. The van der Waals surface area contributed by atoms with Crippen molar-refractivity contribution in [2.75, 3.05) is 19.3 Å². The predicted octanol–water partition coefficient (Wildman–Crippen LogP) is 1.27. The number of nitrogens with zero attached hydrogens (tertiary/aromatic N) is 5. The van der Waals surface area contributed by atoms with E-state index in [0.29, 0.717) is 11.3 Å². The highest BCUT2D eigenvalue weighted by atomic mass is 79.9. The predicted molar refractivity (Wildman–Crippen MR) is 91.9 cm³/mol. The number of thioether (sulfide) groups is 1. The van der Waals surface area contributed by atoms with E-state index in [2.05, 4.69) is 36.4 Å². The number of halogens is 1. The molecule has 3 rings (SSSR count). The van der Waals surface area contributed by atoms with Gasteiger partial charge in [-0.25, -0.2) is 9.79 Å². The summed E-state index contributed by atoms with van der Waals surface area (Å²) >= 11 is 6.63. The van der Waals surface area contributed by atoms with E-state index in [0.717, 1.165) is 21.5 Å². The zero-order valence-corrected chi connectivity index (χ0v) is 15.7. The van der Waals surface area contributed by atoms with Crippen LogP contribution in [0.25, 0.3) is 0 Å². The Kier molecular flexibility index (Phi) is 4.87. The molecule has 124 valence electrons. The lowest BCUT2D eigenvalue weighted by Crippen LogP contribution is -2.63. The van der Waals surface area contributed by atoms with Crippen LogP contribution in [0.3, 0.4) is 0 Å². The minimum atomic E-state index is -0.471. The normalized spacial score (nSPS) is 23.9. The number of amides is 3. The van der Waals surface area contributed by atoms with Crippen molar-refractivity contribution in [3.63, 3.8) is 0 Å². The van der Waals surface area contributed by atoms with E-state index >= 15 is 0 Å². The number of aliphatic imine (C=N–C) groups is 1. The monoisotopic (exact) mass is 418 g/mol. The molecule has 1 saturated heterocycles. The number of imide groups is 1. The molecule has 23 heavy (non-hydrogen) atoms. The molecule has 0 spiro atoms. The fourth-order valence-corrected chi connectivity index (χ4v) is 4.87. The molecule has 3 amide bonds. The van der Waals surface area contributed by atoms with E-state index in [1.165, 1.54) is 4.90 Å². The van der Waals surface area contributed by atoms with Crippen LogP contribution in [-0.2, 0) is 4.79 Å². The maximum atomic E-state index is 12.1. The molecule has 2 aliphatic heterocycles. The van der Waals surface area contributed by atoms with Crippen LogP contribution in [0, 0.1) is 6.92 Å². The Balaban J connectivity index is 1.56. The van der Waals surface area contributed by atoms with Crippen LogP contribution in [0.15, 0.2) is 9.33 Å². The molecule has 0 radical (unpaired) electrons. The summed E-state index contributed by atoms with van der Waals surface area (Å²) in [7, 11) is 1.64. The van der Waals surface area contributed by atoms with Gasteiger partial charge in [0, 0.05) is 19.3 Å². The van der Waals surface area contributed by atoms with Crippen LogP contribution in [0.1, 0.15) is 11.4 Å². The van der Waals surface area contributed by atoms with Crippen LogP contribution < -0.4 is 5.32 Å². The first kappa shape index (κ1) is 16.7. The second kappa shape index (κ2) is 6.73. The lowest BCUT2D eigenvalue weighted by molar-refractivity contribution is -0.127. The number of carbonyl (C=O) groups excluding carboxylic acids is 2. The summed E-state index contributed by atoms with van der Waals surface area (Å²) in [6, 6.07) is -0.884. The Morgan fingerprint density at radius 3 is 2.87 bits per heavy atom. The van der Waals surface area contributed by atoms with Crippen LogP contribution in [0.4, 0.5) is 4.79 Å². The van der Waals surface area contributed by atoms with E-state index < -0.39 is 18.2 Å². The molecule has 2 unspecified atom stereocenters. The van der Waals surface area contributed by atoms with Crippen molar-refractivity contribution < 1.29 is 9.59 Å². The number of amidine groups is 1. The molecule has 0 aromatic carbocycles. The van der Waals surface area contributed by atoms with Gasteiger partial charge in [-0.2, -0.15) is 0 Å². The molecule has 2 atom stereocenters. The molecular formula is C12H15BrN6O2S2. The summed E-state index contributed by atoms with van der Waals surface area (Å²) in [6.45, 7) is 2.60. The van der Waals surface area contributed by atoms with Crippen molar-refractivity contribution in [3.05, 3.63) is 5.01 Å². The highest BCUT2D eigenvalue weighted by Crippen LogP contribution is 2.27. The standard InChI is InChI=1S/C12H15BrN6O2S2/c1-6-16-17-12(23-6)22-5-3-4-19-7-8(14-10(19)13)18(2)11(21)15-9(7)20/h7-8H,3-5H2,1-2H3,(H,15,20,21). The summed E-state index contributed by atoms with van der Waals surface area (Å²) in [5.74, 6) is 0.572. The quantitative estimate of drug-likeness (QED) is 0.439. The van der Waals surface area contributed by atoms with Gasteiger partial charge < -0.3 is 9.80 Å². The first-order valence-corrected chi connectivity index (χ1v) is 9.57. The maximum Gasteiger partial charge on any atom is 0.325 e. The third-order valence-electron chi connectivity index (χ3n) is 3.59. The van der Waals surface area contributed by atoms with Gasteiger partial charge in [0.2, 0.25) is 0 Å². The third-order valence-corrected chi connectivity index (χ3v) is 6.30. The van der Waals surface area contributed by atoms with Crippen molar-refractivity contribution >= 4 is 55.7 Å². The number of likely N-dealkylation sites (N-methyl/N-ethyl adjacent to an activating group) is 1. The van der Waals surface area contributed by atoms with Gasteiger partial charge in [0.1, 0.15) is 5.01 Å². The zero-order chi connectivity index (χ0) is 16.6. The van der Waals surface area contributed by atoms with Crippen LogP contribution >= 0.6 is 39.0 Å². The van der Waals surface area contributed by atoms with Crippen molar-refractivity contribution in [1.29, 1.82) is 0 Å². The molecule has 8 nitrogen and oxygen atoms in total. The number of urea groups is 1. The van der Waals surface area contributed by atoms with E-state index in [4.69, 9.17) is 0 Å². The molecule has 1 fully saturated rings. The summed E-state index contributed by atoms with van der Waals surface area (Å²) in [5, 5.41) is 11.4. The van der Waals surface area contributed by atoms with Gasteiger partial charge in [0.05, 0.1) is 0 Å². The topological polar surface area (TPSA) is 90.8 Å². The second-order valence-corrected chi connectivity index (χ2v) is 8.38. The highest BCUT2D eigenvalue weighted by Gasteiger charge is 2.47. The molecule has 1 aromatic rings. The summed E-state index contributed by atoms with van der Waals surface area (Å²) in [4.78, 5) is 31.5. The molecule has 0 aliphatic carbocycles. The Hall–Kier alpha value is -1.20. The highest BCUT2D eigenvalue weighted by molar-refractivity contribution is 9.18. The van der Waals surface area contributed by atoms with Crippen molar-refractivity contribution in [2.45, 2.75) is 29.9 Å². The molecule has 0 saturated carbocycles. The number of hydrogen-bond donors (Lipinski definition) is 1. The molecule has 11 heteroatoms. The maximum absolute atomic E-state index is 12.1. The first-order valence-electron chi connectivity index (χ1n) is 6.98. The first-order chi connectivity index (χ1) is 11.0. The lowest BCUT2D eigenvalue weighted by Gasteiger charge is -2.35. The largest absolute Gasteiger partial charge is 0.335 e. The summed E-state index contributed by atoms with van der Waals surface area (Å²) in [5.41, 5.74) is 0. The van der Waals surface area contributed by atoms with E-state index in [1.807, 2.05) is 11.8 Å². The van der Waals surface area contributed by atoms with Gasteiger partial charge in [-0.1, -0.05) is 23.1 Å². The summed E-state index contributed by atoms with van der Waals surface area (Å²) < 4.78 is 1.57. The number of carbonyl (C=O) groups is 2. The fraction of sp³-hybridized carbons (Fsp3) is 0.583. The van der Waals surface area contributed by atoms with Crippen molar-refractivity contribution in [3.8, 4) is 0 Å². The van der Waals surface area contributed by atoms with Gasteiger partial charge >= 0.3 is 6.03 Å². The van der Waals surface area contributed by atoms with Gasteiger partial charge in [-0.15, -0.1) is 10.2 Å². The number of fused-ring (bicyclic) bond motifs is 1. The summed E-state index contributed by atoms with van der Waals surface area (Å²) in [6.07, 6.45) is 0.395. The number of hydrogen-bond acceptors (Lipinski definition) is 8. The van der Waals surface area contributed by atoms with Gasteiger partial charge in [0.25, 0.3) is 5.91 Å². The average Bonchev–Trinajstić information content (AvgIpc) is 3.05. The van der Waals surface area contributed by atoms with Gasteiger partial charge in [-0.3, -0.25) is 10.1 Å². The SMILES string of the molecule is Cc1nnc(SCCCN2C(Br)=NC3C2C(=O)NC(=O)N3C)s1. The minimum Gasteiger partial charge on any atom is -0.335 e. The lowest BCUT2D eigenvalue weighted by atomic mass is 10.1. The van der Waals surface area contributed by atoms with Crippen LogP contribution in [0.2, 0.25) is 0 Å². The smallest absolute Gasteiger partial charge is 0.325 e. The van der Waals surface area contributed by atoms with E-state index in [1.54, 1.807) is 30.1 Å². The second-order valence-electron chi connectivity index (χ2n) is 5.14. The third kappa shape index (κ3) is 3.36. The molecule has 3 heterocycles. The van der Waals surface area contributed by atoms with Crippen molar-refractivity contribution in [2.24, 2.45) is 4.99 Å². The Morgan fingerprint density at radius 1 is 1.39 bits per heavy atom. The number of rotatable bonds is 5. The van der Waals surface area contributed by atoms with E-state index in [9.17, 15) is 9.59 Å². The molecular weight excluding hydrogens is 404 g/mol. The van der Waals surface area contributed by atoms with Crippen LogP contribution in [0.5, 0.6) is 0 Å². The van der Waals surface area contributed by atoms with Crippen LogP contribution in [-0.4, -0.2) is 68.2 Å². The van der Waals surface area contributed by atoms with Gasteiger partial charge in [0.15, 0.2) is 21.3 Å². The van der Waals surface area contributed by atoms with Gasteiger partial charge in [-0.05, 0) is 29.3 Å². The molecule has 0 bridgehead atoms. The van der Waals surface area contributed by atoms with Crippen molar-refractivity contribution in [1.82, 2.24) is 25.3 Å². The molecule has 1 aromatic heterocycles. The Bertz CT molecular complexity index is 666. The number of aryl methyl sites for hydroxylation is 1.